The summed E-state index contributed by atoms with van der Waals surface area (Å²) in [7, 11) is 0. The van der Waals surface area contributed by atoms with Gasteiger partial charge >= 0.3 is 5.97 Å². The second-order valence-corrected chi connectivity index (χ2v) is 17.4. The largest absolute Gasteiger partial charge is 0.396 e. The highest BCUT2D eigenvalue weighted by Crippen LogP contribution is 2.75. The van der Waals surface area contributed by atoms with Gasteiger partial charge in [-0.2, -0.15) is 0 Å². The van der Waals surface area contributed by atoms with Gasteiger partial charge in [0.1, 0.15) is 18.3 Å². The van der Waals surface area contributed by atoms with Crippen molar-refractivity contribution >= 4 is 5.97 Å². The molecule has 10 nitrogen and oxygen atoms in total. The van der Waals surface area contributed by atoms with Crippen LogP contribution in [0.4, 0.5) is 0 Å². The van der Waals surface area contributed by atoms with Gasteiger partial charge in [0.05, 0.1) is 18.1 Å². The summed E-state index contributed by atoms with van der Waals surface area (Å²) in [6.45, 7) is 13.8. The number of rotatable bonds is 4. The molecule has 5 aliphatic carbocycles. The SMILES string of the molecule is CC1(C)CC[C@]2(C(=O)OOC3O[C@@H](O)[C@H](O)[C@@H](O)[C@@H]3O)CC[C@]3(C)C(=CCC4[C@@]5(C)CC[C@H](O)[C@@](C)(CO)C5CC[C@]43C)C2C1. The Labute approximate surface area is 267 Å². The number of carbonyl (C=O) groups is 1. The third kappa shape index (κ3) is 4.67. The summed E-state index contributed by atoms with van der Waals surface area (Å²) in [6.07, 6.45) is 1.53. The van der Waals surface area contributed by atoms with Crippen molar-refractivity contribution in [3.63, 3.8) is 0 Å². The second-order valence-electron chi connectivity index (χ2n) is 17.4. The molecule has 1 heterocycles. The maximum atomic E-state index is 14.1. The molecule has 0 amide bonds. The molecule has 0 aromatic rings. The summed E-state index contributed by atoms with van der Waals surface area (Å²) < 4.78 is 5.10. The first-order valence-corrected chi connectivity index (χ1v) is 17.2. The Hall–Kier alpha value is -1.11. The van der Waals surface area contributed by atoms with Gasteiger partial charge in [-0.15, -0.1) is 4.89 Å². The minimum Gasteiger partial charge on any atom is -0.396 e. The van der Waals surface area contributed by atoms with Gasteiger partial charge in [-0.3, -0.25) is 4.89 Å². The average molecular weight is 637 g/mol. The van der Waals surface area contributed by atoms with Crippen molar-refractivity contribution in [1.29, 1.82) is 0 Å². The summed E-state index contributed by atoms with van der Waals surface area (Å²) >= 11 is 0. The highest BCUT2D eigenvalue weighted by Gasteiger charge is 2.70. The Morgan fingerprint density at radius 3 is 2.24 bits per heavy atom. The molecule has 0 radical (unpaired) electrons. The molecule has 6 aliphatic rings. The zero-order valence-corrected chi connectivity index (χ0v) is 27.9. The number of fused-ring (bicyclic) bond motifs is 7. The third-order valence-electron chi connectivity index (χ3n) is 14.9. The van der Waals surface area contributed by atoms with Crippen molar-refractivity contribution in [2.75, 3.05) is 6.61 Å². The van der Waals surface area contributed by atoms with E-state index in [1.165, 1.54) is 5.57 Å². The quantitative estimate of drug-likeness (QED) is 0.153. The topological polar surface area (TPSA) is 166 Å². The predicted octanol–water partition coefficient (Wildman–Crippen LogP) is 3.35. The van der Waals surface area contributed by atoms with Crippen LogP contribution in [0.1, 0.15) is 106 Å². The molecule has 0 bridgehead atoms. The van der Waals surface area contributed by atoms with Crippen molar-refractivity contribution in [2.45, 2.75) is 143 Å². The first kappa shape index (κ1) is 33.8. The molecule has 6 rings (SSSR count). The lowest BCUT2D eigenvalue weighted by atomic mass is 9.33. The predicted molar refractivity (Wildman–Crippen MR) is 163 cm³/mol. The van der Waals surface area contributed by atoms with Crippen molar-refractivity contribution in [1.82, 2.24) is 0 Å². The molecule has 0 aromatic heterocycles. The molecule has 4 unspecified atom stereocenters. The molecule has 0 spiro atoms. The lowest BCUT2D eigenvalue weighted by molar-refractivity contribution is -0.426. The Bertz CT molecular complexity index is 1200. The van der Waals surface area contributed by atoms with Crippen LogP contribution in [0.25, 0.3) is 0 Å². The van der Waals surface area contributed by atoms with Gasteiger partial charge in [0.25, 0.3) is 0 Å². The van der Waals surface area contributed by atoms with E-state index in [1.807, 2.05) is 0 Å². The average Bonchev–Trinajstić information content (AvgIpc) is 2.99. The number of hydrogen-bond acceptors (Lipinski definition) is 10. The molecule has 0 aromatic carbocycles. The Kier molecular flexibility index (Phi) is 8.22. The summed E-state index contributed by atoms with van der Waals surface area (Å²) in [5.74, 6) is 0.0213. The van der Waals surface area contributed by atoms with Crippen LogP contribution in [0.5, 0.6) is 0 Å². The van der Waals surface area contributed by atoms with Crippen LogP contribution >= 0.6 is 0 Å². The van der Waals surface area contributed by atoms with Crippen LogP contribution in [0.3, 0.4) is 0 Å². The maximum Gasteiger partial charge on any atom is 0.349 e. The second kappa shape index (κ2) is 11.0. The van der Waals surface area contributed by atoms with Crippen LogP contribution in [0.15, 0.2) is 11.6 Å². The maximum absolute atomic E-state index is 14.1. The number of hydrogen-bond donors (Lipinski definition) is 6. The fraction of sp³-hybridized carbons (Fsp3) is 0.914. The lowest BCUT2D eigenvalue weighted by Gasteiger charge is -2.71. The van der Waals surface area contributed by atoms with E-state index in [0.717, 1.165) is 44.9 Å². The van der Waals surface area contributed by atoms with E-state index >= 15 is 0 Å². The van der Waals surface area contributed by atoms with E-state index < -0.39 is 53.8 Å². The van der Waals surface area contributed by atoms with E-state index in [4.69, 9.17) is 14.5 Å². The molecule has 1 saturated heterocycles. The van der Waals surface area contributed by atoms with Gasteiger partial charge in [0, 0.05) is 5.41 Å². The minimum atomic E-state index is -1.80. The first-order chi connectivity index (χ1) is 20.9. The van der Waals surface area contributed by atoms with Gasteiger partial charge in [-0.05, 0) is 104 Å². The molecule has 256 valence electrons. The molecule has 5 fully saturated rings. The zero-order valence-electron chi connectivity index (χ0n) is 27.9. The fourth-order valence-electron chi connectivity index (χ4n) is 11.7. The highest BCUT2D eigenvalue weighted by molar-refractivity contribution is 5.78. The van der Waals surface area contributed by atoms with E-state index in [1.54, 1.807) is 0 Å². The molecule has 4 saturated carbocycles. The van der Waals surface area contributed by atoms with E-state index in [0.29, 0.717) is 25.2 Å². The van der Waals surface area contributed by atoms with Crippen molar-refractivity contribution in [3.8, 4) is 0 Å². The number of allylic oxidation sites excluding steroid dienone is 2. The summed E-state index contributed by atoms with van der Waals surface area (Å²) in [6, 6.07) is 0. The van der Waals surface area contributed by atoms with Crippen molar-refractivity contribution in [2.24, 2.45) is 50.2 Å². The Balaban J connectivity index is 1.31. The monoisotopic (exact) mass is 636 g/mol. The molecule has 10 heteroatoms. The van der Waals surface area contributed by atoms with Crippen LogP contribution < -0.4 is 0 Å². The highest BCUT2D eigenvalue weighted by atomic mass is 17.2. The van der Waals surface area contributed by atoms with Gasteiger partial charge in [0.2, 0.25) is 6.29 Å². The van der Waals surface area contributed by atoms with Crippen LogP contribution in [0, 0.1) is 50.2 Å². The zero-order chi connectivity index (χ0) is 33.0. The normalized spacial score (nSPS) is 54.0. The third-order valence-corrected chi connectivity index (χ3v) is 14.9. The summed E-state index contributed by atoms with van der Waals surface area (Å²) in [5.41, 5.74) is -0.184. The molecule has 6 N–H and O–H groups in total. The van der Waals surface area contributed by atoms with E-state index in [9.17, 15) is 35.4 Å². The minimum absolute atomic E-state index is 0.0124. The van der Waals surface area contributed by atoms with Gasteiger partial charge in [-0.25, -0.2) is 4.79 Å². The van der Waals surface area contributed by atoms with Gasteiger partial charge in [0.15, 0.2) is 6.29 Å². The van der Waals surface area contributed by atoms with Crippen molar-refractivity contribution < 1.29 is 49.9 Å². The number of aliphatic hydroxyl groups is 6. The number of ether oxygens (including phenoxy) is 1. The number of aliphatic hydroxyl groups excluding tert-OH is 6. The molecule has 45 heavy (non-hydrogen) atoms. The Morgan fingerprint density at radius 2 is 1.56 bits per heavy atom. The van der Waals surface area contributed by atoms with Gasteiger partial charge in [-0.1, -0.05) is 53.2 Å². The van der Waals surface area contributed by atoms with Crippen LogP contribution in [-0.2, 0) is 19.3 Å². The molecule has 1 aliphatic heterocycles. The molecule has 14 atom stereocenters. The smallest absolute Gasteiger partial charge is 0.349 e. The van der Waals surface area contributed by atoms with E-state index in [-0.39, 0.29) is 40.1 Å². The summed E-state index contributed by atoms with van der Waals surface area (Å²) in [5, 5.41) is 61.7. The van der Waals surface area contributed by atoms with Crippen molar-refractivity contribution in [3.05, 3.63) is 11.6 Å². The van der Waals surface area contributed by atoms with Crippen LogP contribution in [0.2, 0.25) is 0 Å². The van der Waals surface area contributed by atoms with Crippen LogP contribution in [-0.4, -0.2) is 80.2 Å². The standard InChI is InChI=1S/C35H56O10/c1-30(2)13-15-35(29(42)45-44-28-26(40)24(38)25(39)27(41)43-28)16-14-33(5)19(20(35)17-30)7-8-22-31(3)11-10-23(37)32(4,18-36)21(31)9-12-34(22,33)6/h7,20-28,36-41H,8-18H2,1-6H3/t20?,21?,22?,23-,24+,25+,26-,27+,28?,31-,32-,33+,34+,35-/m0/s1. The summed E-state index contributed by atoms with van der Waals surface area (Å²) in [4.78, 5) is 24.8. The Morgan fingerprint density at radius 1 is 0.867 bits per heavy atom. The fourth-order valence-corrected chi connectivity index (χ4v) is 11.7. The lowest BCUT2D eigenvalue weighted by Crippen LogP contribution is -2.66. The first-order valence-electron chi connectivity index (χ1n) is 17.2. The van der Waals surface area contributed by atoms with E-state index in [2.05, 4.69) is 47.6 Å². The number of carbonyl (C=O) groups excluding carboxylic acids is 1. The molecular formula is C35H56O10. The van der Waals surface area contributed by atoms with Gasteiger partial charge < -0.3 is 35.4 Å². The molecular weight excluding hydrogens is 580 g/mol.